The molecule has 122 valence electrons. The lowest BCUT2D eigenvalue weighted by Crippen LogP contribution is -2.47. The Kier molecular flexibility index (Phi) is 6.77. The molecule has 1 amide bonds. The third-order valence-corrected chi connectivity index (χ3v) is 5.34. The van der Waals surface area contributed by atoms with Crippen molar-refractivity contribution >= 4 is 18.3 Å². The predicted molar refractivity (Wildman–Crippen MR) is 85.7 cm³/mol. The number of carbonyl (C=O) groups excluding carboxylic acids is 1. The normalized spacial score (nSPS) is 36.2. The molecular weight excluding hydrogens is 288 g/mol. The van der Waals surface area contributed by atoms with Crippen LogP contribution in [-0.4, -0.2) is 37.7 Å². The van der Waals surface area contributed by atoms with Gasteiger partial charge in [-0.3, -0.25) is 4.79 Å². The van der Waals surface area contributed by atoms with Crippen LogP contribution in [0.5, 0.6) is 0 Å². The summed E-state index contributed by atoms with van der Waals surface area (Å²) in [4.78, 5) is 12.1. The Hall–Kier alpha value is -0.320. The van der Waals surface area contributed by atoms with Crippen LogP contribution >= 0.6 is 12.4 Å². The van der Waals surface area contributed by atoms with Gasteiger partial charge < -0.3 is 15.4 Å². The van der Waals surface area contributed by atoms with Crippen molar-refractivity contribution in [2.45, 2.75) is 63.5 Å². The highest BCUT2D eigenvalue weighted by atomic mass is 35.5. The predicted octanol–water partition coefficient (Wildman–Crippen LogP) is 2.26. The summed E-state index contributed by atoms with van der Waals surface area (Å²) in [6.45, 7) is 2.30. The van der Waals surface area contributed by atoms with E-state index in [1.54, 1.807) is 0 Å². The Labute approximate surface area is 134 Å². The molecular formula is C16H29ClN2O2. The van der Waals surface area contributed by atoms with Crippen LogP contribution in [0.1, 0.15) is 51.4 Å². The number of hydrogen-bond donors (Lipinski definition) is 2. The van der Waals surface area contributed by atoms with E-state index in [-0.39, 0.29) is 24.4 Å². The quantitative estimate of drug-likeness (QED) is 0.839. The minimum absolute atomic E-state index is 0. The van der Waals surface area contributed by atoms with Crippen LogP contribution in [0.15, 0.2) is 0 Å². The lowest BCUT2D eigenvalue weighted by atomic mass is 9.69. The number of hydrogen-bond acceptors (Lipinski definition) is 3. The standard InChI is InChI=1S/C16H28N2O2.ClH/c19-16(10-15-11-20-8-7-17-15)18-14-6-5-12-3-1-2-4-13(12)9-14;/h12-15,17H,1-11H2,(H,18,19);1H. The van der Waals surface area contributed by atoms with E-state index in [1.807, 2.05) is 0 Å². The number of nitrogens with one attached hydrogen (secondary N) is 2. The van der Waals surface area contributed by atoms with Gasteiger partial charge in [-0.05, 0) is 31.1 Å². The molecule has 4 unspecified atom stereocenters. The zero-order valence-corrected chi connectivity index (χ0v) is 13.6. The van der Waals surface area contributed by atoms with Crippen LogP contribution in [-0.2, 0) is 9.53 Å². The molecule has 0 aromatic carbocycles. The average molecular weight is 317 g/mol. The van der Waals surface area contributed by atoms with Gasteiger partial charge in [-0.15, -0.1) is 12.4 Å². The summed E-state index contributed by atoms with van der Waals surface area (Å²) in [5.41, 5.74) is 0. The largest absolute Gasteiger partial charge is 0.378 e. The summed E-state index contributed by atoms with van der Waals surface area (Å²) in [6, 6.07) is 0.626. The summed E-state index contributed by atoms with van der Waals surface area (Å²) in [5.74, 6) is 2.02. The summed E-state index contributed by atoms with van der Waals surface area (Å²) in [7, 11) is 0. The lowest BCUT2D eigenvalue weighted by Gasteiger charge is -2.39. The molecule has 0 aromatic heterocycles. The van der Waals surface area contributed by atoms with E-state index in [9.17, 15) is 4.79 Å². The third kappa shape index (κ3) is 4.83. The van der Waals surface area contributed by atoms with Gasteiger partial charge in [-0.1, -0.05) is 25.7 Å². The summed E-state index contributed by atoms with van der Waals surface area (Å²) in [6.07, 6.45) is 9.90. The number of carbonyl (C=O) groups is 1. The van der Waals surface area contributed by atoms with Crippen molar-refractivity contribution in [3.8, 4) is 0 Å². The van der Waals surface area contributed by atoms with Crippen LogP contribution in [0.3, 0.4) is 0 Å². The molecule has 0 radical (unpaired) electrons. The number of ether oxygens (including phenoxy) is 1. The van der Waals surface area contributed by atoms with E-state index < -0.39 is 0 Å². The van der Waals surface area contributed by atoms with Crippen molar-refractivity contribution in [2.24, 2.45) is 11.8 Å². The number of morpholine rings is 1. The molecule has 3 rings (SSSR count). The Morgan fingerprint density at radius 3 is 2.71 bits per heavy atom. The van der Waals surface area contributed by atoms with Crippen molar-refractivity contribution < 1.29 is 9.53 Å². The number of amides is 1. The van der Waals surface area contributed by atoms with Crippen LogP contribution in [0.2, 0.25) is 0 Å². The smallest absolute Gasteiger partial charge is 0.221 e. The second-order valence-corrected chi connectivity index (χ2v) is 6.81. The Bertz CT molecular complexity index is 334. The molecule has 3 aliphatic rings. The van der Waals surface area contributed by atoms with Gasteiger partial charge in [0.1, 0.15) is 0 Å². The van der Waals surface area contributed by atoms with Gasteiger partial charge in [0.15, 0.2) is 0 Å². The van der Waals surface area contributed by atoms with Crippen LogP contribution in [0.4, 0.5) is 0 Å². The molecule has 21 heavy (non-hydrogen) atoms. The number of rotatable bonds is 3. The maximum atomic E-state index is 12.1. The molecule has 0 spiro atoms. The summed E-state index contributed by atoms with van der Waals surface area (Å²) >= 11 is 0. The fourth-order valence-electron chi connectivity index (χ4n) is 4.27. The van der Waals surface area contributed by atoms with Crippen molar-refractivity contribution in [3.05, 3.63) is 0 Å². The highest BCUT2D eigenvalue weighted by molar-refractivity contribution is 5.85. The fraction of sp³-hybridized carbons (Fsp3) is 0.938. The van der Waals surface area contributed by atoms with E-state index in [1.165, 1.54) is 44.9 Å². The van der Waals surface area contributed by atoms with Gasteiger partial charge in [-0.2, -0.15) is 0 Å². The number of halogens is 1. The van der Waals surface area contributed by atoms with Gasteiger partial charge >= 0.3 is 0 Å². The lowest BCUT2D eigenvalue weighted by molar-refractivity contribution is -0.123. The average Bonchev–Trinajstić information content (AvgIpc) is 2.48. The van der Waals surface area contributed by atoms with E-state index >= 15 is 0 Å². The molecule has 4 atom stereocenters. The molecule has 0 bridgehead atoms. The van der Waals surface area contributed by atoms with Gasteiger partial charge in [0.25, 0.3) is 0 Å². The first kappa shape index (κ1) is 17.0. The van der Waals surface area contributed by atoms with E-state index in [0.717, 1.165) is 25.0 Å². The second kappa shape index (κ2) is 8.35. The topological polar surface area (TPSA) is 50.4 Å². The maximum absolute atomic E-state index is 12.1. The monoisotopic (exact) mass is 316 g/mol. The van der Waals surface area contributed by atoms with Gasteiger partial charge in [0.2, 0.25) is 5.91 Å². The first-order valence-electron chi connectivity index (χ1n) is 8.42. The maximum Gasteiger partial charge on any atom is 0.221 e. The van der Waals surface area contributed by atoms with Crippen LogP contribution in [0, 0.1) is 11.8 Å². The molecule has 1 aliphatic heterocycles. The zero-order chi connectivity index (χ0) is 13.8. The summed E-state index contributed by atoms with van der Waals surface area (Å²) in [5, 5.41) is 6.61. The molecule has 2 N–H and O–H groups in total. The van der Waals surface area contributed by atoms with Gasteiger partial charge in [-0.25, -0.2) is 0 Å². The Morgan fingerprint density at radius 2 is 1.95 bits per heavy atom. The zero-order valence-electron chi connectivity index (χ0n) is 12.8. The highest BCUT2D eigenvalue weighted by Gasteiger charge is 2.32. The van der Waals surface area contributed by atoms with E-state index in [0.29, 0.717) is 19.1 Å². The highest BCUT2D eigenvalue weighted by Crippen LogP contribution is 2.40. The molecule has 1 heterocycles. The molecule has 3 fully saturated rings. The Balaban J connectivity index is 0.00000161. The molecule has 4 nitrogen and oxygen atoms in total. The Morgan fingerprint density at radius 1 is 1.14 bits per heavy atom. The van der Waals surface area contributed by atoms with E-state index in [2.05, 4.69) is 10.6 Å². The SMILES string of the molecule is Cl.O=C(CC1COCCN1)NC1CCC2CCCCC2C1. The molecule has 5 heteroatoms. The van der Waals surface area contributed by atoms with Crippen molar-refractivity contribution in [2.75, 3.05) is 19.8 Å². The van der Waals surface area contributed by atoms with Crippen LogP contribution in [0.25, 0.3) is 0 Å². The minimum atomic E-state index is 0. The van der Waals surface area contributed by atoms with Gasteiger partial charge in [0.05, 0.1) is 13.2 Å². The first-order chi connectivity index (χ1) is 9.81. The summed E-state index contributed by atoms with van der Waals surface area (Å²) < 4.78 is 5.40. The third-order valence-electron chi connectivity index (χ3n) is 5.34. The fourth-order valence-corrected chi connectivity index (χ4v) is 4.27. The van der Waals surface area contributed by atoms with Crippen molar-refractivity contribution in [3.63, 3.8) is 0 Å². The molecule has 1 saturated heterocycles. The van der Waals surface area contributed by atoms with Crippen LogP contribution < -0.4 is 10.6 Å². The molecule has 0 aromatic rings. The van der Waals surface area contributed by atoms with E-state index in [4.69, 9.17) is 4.74 Å². The second-order valence-electron chi connectivity index (χ2n) is 6.81. The van der Waals surface area contributed by atoms with Crippen molar-refractivity contribution in [1.29, 1.82) is 0 Å². The minimum Gasteiger partial charge on any atom is -0.378 e. The number of fused-ring (bicyclic) bond motifs is 1. The van der Waals surface area contributed by atoms with Crippen molar-refractivity contribution in [1.82, 2.24) is 10.6 Å². The van der Waals surface area contributed by atoms with Gasteiger partial charge in [0, 0.05) is 25.0 Å². The molecule has 2 saturated carbocycles. The first-order valence-corrected chi connectivity index (χ1v) is 8.42. The molecule has 2 aliphatic carbocycles.